The fourth-order valence-corrected chi connectivity index (χ4v) is 0.649. The van der Waals surface area contributed by atoms with Gasteiger partial charge in [-0.3, -0.25) is 0 Å². The lowest BCUT2D eigenvalue weighted by molar-refractivity contribution is 0.761. The molecule has 1 heterocycles. The maximum absolute atomic E-state index is 5.40. The van der Waals surface area contributed by atoms with E-state index in [1.807, 2.05) is 6.08 Å². The smallest absolute Gasteiger partial charge is 0.0962 e. The first kappa shape index (κ1) is 6.12. The normalized spacial score (nSPS) is 16.3. The number of nitrogens with zero attached hydrogens (tertiary/aromatic N) is 1. The molecular weight excluding hydrogens is 112 g/mol. The van der Waals surface area contributed by atoms with E-state index < -0.39 is 0 Å². The van der Waals surface area contributed by atoms with Gasteiger partial charge in [-0.25, -0.2) is 4.99 Å². The van der Waals surface area contributed by atoms with E-state index in [0.717, 1.165) is 5.70 Å². The third kappa shape index (κ3) is 1.21. The Balaban J connectivity index is 2.74. The molecule has 9 heavy (non-hydrogen) atoms. The molecule has 0 aliphatic carbocycles. The second kappa shape index (κ2) is 2.08. The summed E-state index contributed by atoms with van der Waals surface area (Å²) < 4.78 is 0. The summed E-state index contributed by atoms with van der Waals surface area (Å²) in [6, 6.07) is 0. The Kier molecular flexibility index (Phi) is 1.41. The highest BCUT2D eigenvalue weighted by Crippen LogP contribution is 2.13. The fraction of sp³-hybridized carbons (Fsp3) is 0.429. The number of nitrogens with two attached hydrogens (primary N) is 1. The third-order valence-corrected chi connectivity index (χ3v) is 1.21. The molecule has 1 rings (SSSR count). The van der Waals surface area contributed by atoms with Crippen LogP contribution in [0.15, 0.2) is 22.5 Å². The molecule has 2 nitrogen and oxygen atoms in total. The predicted molar refractivity (Wildman–Crippen MR) is 38.1 cm³/mol. The van der Waals surface area contributed by atoms with Crippen LogP contribution in [-0.2, 0) is 0 Å². The van der Waals surface area contributed by atoms with Gasteiger partial charge >= 0.3 is 0 Å². The summed E-state index contributed by atoms with van der Waals surface area (Å²) in [5.74, 6) is 3.13. The molecule has 0 aromatic heterocycles. The highest BCUT2D eigenvalue weighted by atomic mass is 14.8. The van der Waals surface area contributed by atoms with E-state index in [0.29, 0.717) is 11.6 Å². The van der Waals surface area contributed by atoms with Gasteiger partial charge in [0.2, 0.25) is 0 Å². The van der Waals surface area contributed by atoms with E-state index in [9.17, 15) is 0 Å². The van der Waals surface area contributed by atoms with Crippen molar-refractivity contribution in [1.29, 1.82) is 0 Å². The van der Waals surface area contributed by atoms with Crippen LogP contribution < -0.4 is 5.73 Å². The second-order valence-corrected chi connectivity index (χ2v) is 2.40. The quantitative estimate of drug-likeness (QED) is 0.554. The Morgan fingerprint density at radius 2 is 2.33 bits per heavy atom. The van der Waals surface area contributed by atoms with Gasteiger partial charge in [-0.15, -0.1) is 0 Å². The van der Waals surface area contributed by atoms with Crippen molar-refractivity contribution in [2.75, 3.05) is 0 Å². The zero-order valence-corrected chi connectivity index (χ0v) is 5.68. The summed E-state index contributed by atoms with van der Waals surface area (Å²) in [5.41, 5.74) is 7.06. The van der Waals surface area contributed by atoms with Crippen molar-refractivity contribution in [1.82, 2.24) is 0 Å². The van der Waals surface area contributed by atoms with Crippen LogP contribution in [0.5, 0.6) is 0 Å². The van der Waals surface area contributed by atoms with Crippen molar-refractivity contribution in [2.24, 2.45) is 16.6 Å². The molecule has 0 aromatic carbocycles. The average Bonchev–Trinajstić information content (AvgIpc) is 2.14. The van der Waals surface area contributed by atoms with Gasteiger partial charge in [0.1, 0.15) is 0 Å². The molecule has 0 amide bonds. The Bertz CT molecular complexity index is 205. The summed E-state index contributed by atoms with van der Waals surface area (Å²) in [4.78, 5) is 3.97. The van der Waals surface area contributed by atoms with Crippen molar-refractivity contribution in [2.45, 2.75) is 13.8 Å². The zero-order valence-electron chi connectivity index (χ0n) is 5.68. The first-order chi connectivity index (χ1) is 4.20. The van der Waals surface area contributed by atoms with Crippen LogP contribution in [0.25, 0.3) is 0 Å². The van der Waals surface area contributed by atoms with E-state index in [4.69, 9.17) is 5.73 Å². The van der Waals surface area contributed by atoms with Crippen molar-refractivity contribution in [3.63, 3.8) is 0 Å². The van der Waals surface area contributed by atoms with Gasteiger partial charge in [-0.2, -0.15) is 0 Å². The van der Waals surface area contributed by atoms with Crippen LogP contribution >= 0.6 is 0 Å². The van der Waals surface area contributed by atoms with E-state index in [1.54, 1.807) is 0 Å². The van der Waals surface area contributed by atoms with Gasteiger partial charge in [0, 0.05) is 5.87 Å². The summed E-state index contributed by atoms with van der Waals surface area (Å²) in [7, 11) is 0. The van der Waals surface area contributed by atoms with Gasteiger partial charge in [0.05, 0.1) is 11.4 Å². The molecule has 0 saturated heterocycles. The molecular formula is C7H10N2. The first-order valence-electron chi connectivity index (χ1n) is 3.01. The summed E-state index contributed by atoms with van der Waals surface area (Å²) in [5, 5.41) is 0. The minimum atomic E-state index is 0.457. The molecule has 0 atom stereocenters. The summed E-state index contributed by atoms with van der Waals surface area (Å²) >= 11 is 0. The van der Waals surface area contributed by atoms with Gasteiger partial charge in [0.15, 0.2) is 0 Å². The van der Waals surface area contributed by atoms with Crippen LogP contribution in [-0.4, -0.2) is 5.87 Å². The van der Waals surface area contributed by atoms with Crippen molar-refractivity contribution >= 4 is 5.87 Å². The molecule has 0 saturated carbocycles. The van der Waals surface area contributed by atoms with Crippen molar-refractivity contribution in [3.8, 4) is 0 Å². The summed E-state index contributed by atoms with van der Waals surface area (Å²) in [6.45, 7) is 4.16. The molecule has 1 aliphatic heterocycles. The Morgan fingerprint density at radius 3 is 2.56 bits per heavy atom. The van der Waals surface area contributed by atoms with E-state index in [-0.39, 0.29) is 0 Å². The van der Waals surface area contributed by atoms with Crippen molar-refractivity contribution < 1.29 is 0 Å². The number of aliphatic imine (C=N–C) groups is 1. The van der Waals surface area contributed by atoms with Gasteiger partial charge in [0.25, 0.3) is 0 Å². The number of hydrogen-bond donors (Lipinski definition) is 1. The van der Waals surface area contributed by atoms with Gasteiger partial charge in [-0.05, 0) is 12.0 Å². The topological polar surface area (TPSA) is 38.4 Å². The van der Waals surface area contributed by atoms with Crippen LogP contribution in [0.4, 0.5) is 0 Å². The highest BCUT2D eigenvalue weighted by molar-refractivity contribution is 5.66. The number of rotatable bonds is 1. The predicted octanol–water partition coefficient (Wildman–Crippen LogP) is 1.05. The monoisotopic (exact) mass is 122 g/mol. The zero-order chi connectivity index (χ0) is 6.85. The van der Waals surface area contributed by atoms with E-state index >= 15 is 0 Å². The van der Waals surface area contributed by atoms with Gasteiger partial charge in [-0.1, -0.05) is 13.8 Å². The Labute approximate surface area is 54.8 Å². The number of hydrogen-bond acceptors (Lipinski definition) is 2. The van der Waals surface area contributed by atoms with E-state index in [1.165, 1.54) is 0 Å². The molecule has 0 radical (unpaired) electrons. The largest absolute Gasteiger partial charge is 0.391 e. The summed E-state index contributed by atoms with van der Waals surface area (Å²) in [6.07, 6.45) is 1.85. The molecule has 0 bridgehead atoms. The molecule has 0 aromatic rings. The molecule has 2 heteroatoms. The molecule has 0 unspecified atom stereocenters. The SMILES string of the molecule is CC(C)C1=CC(N)=C=N1. The minimum Gasteiger partial charge on any atom is -0.391 e. The second-order valence-electron chi connectivity index (χ2n) is 2.40. The molecule has 0 fully saturated rings. The van der Waals surface area contributed by atoms with Gasteiger partial charge < -0.3 is 5.73 Å². The number of allylic oxidation sites excluding steroid dienone is 2. The standard InChI is InChI=1S/C7H10N2/c1-5(2)7-3-6(8)4-9-7/h3,5H,8H2,1-2H3. The third-order valence-electron chi connectivity index (χ3n) is 1.21. The molecule has 0 spiro atoms. The Morgan fingerprint density at radius 1 is 1.67 bits per heavy atom. The lowest BCUT2D eigenvalue weighted by atomic mass is 10.1. The molecule has 1 aliphatic rings. The first-order valence-corrected chi connectivity index (χ1v) is 3.01. The molecule has 48 valence electrons. The molecule has 2 N–H and O–H groups in total. The lowest BCUT2D eigenvalue weighted by Gasteiger charge is -1.98. The lowest BCUT2D eigenvalue weighted by Crippen LogP contribution is -1.92. The van der Waals surface area contributed by atoms with Crippen LogP contribution in [0, 0.1) is 5.92 Å². The van der Waals surface area contributed by atoms with Crippen LogP contribution in [0.1, 0.15) is 13.8 Å². The van der Waals surface area contributed by atoms with Crippen molar-refractivity contribution in [3.05, 3.63) is 17.5 Å². The maximum atomic E-state index is 5.40. The maximum Gasteiger partial charge on any atom is 0.0962 e. The fourth-order valence-electron chi connectivity index (χ4n) is 0.649. The average molecular weight is 122 g/mol. The highest BCUT2D eigenvalue weighted by Gasteiger charge is 2.03. The van der Waals surface area contributed by atoms with E-state index in [2.05, 4.69) is 24.7 Å². The van der Waals surface area contributed by atoms with Crippen LogP contribution in [0.2, 0.25) is 0 Å². The Hall–Kier alpha value is -1.01. The van der Waals surface area contributed by atoms with Crippen LogP contribution in [0.3, 0.4) is 0 Å². The minimum absolute atomic E-state index is 0.457.